The first-order chi connectivity index (χ1) is 8.76. The van der Waals surface area contributed by atoms with Gasteiger partial charge in [-0.2, -0.15) is 0 Å². The van der Waals surface area contributed by atoms with E-state index in [0.717, 1.165) is 19.3 Å². The quantitative estimate of drug-likeness (QED) is 0.691. The van der Waals surface area contributed by atoms with Gasteiger partial charge in [-0.25, -0.2) is 12.7 Å². The number of fused-ring (bicyclic) bond motifs is 1. The van der Waals surface area contributed by atoms with Crippen LogP contribution in [-0.2, 0) is 14.8 Å². The molecular formula is C14H21NO3S. The van der Waals surface area contributed by atoms with Crippen LogP contribution >= 0.6 is 0 Å². The van der Waals surface area contributed by atoms with E-state index in [1.807, 2.05) is 0 Å². The van der Waals surface area contributed by atoms with Crippen molar-refractivity contribution in [3.63, 3.8) is 0 Å². The normalized spacial score (nSPS) is 41.9. The van der Waals surface area contributed by atoms with Gasteiger partial charge in [-0.3, -0.25) is 4.79 Å². The summed E-state index contributed by atoms with van der Waals surface area (Å²) < 4.78 is 26.1. The summed E-state index contributed by atoms with van der Waals surface area (Å²) in [6, 6.07) is -0.116. The van der Waals surface area contributed by atoms with Crippen LogP contribution in [0.5, 0.6) is 0 Å². The van der Waals surface area contributed by atoms with Crippen molar-refractivity contribution in [1.29, 1.82) is 0 Å². The Balaban J connectivity index is 2.09. The minimum Gasteiger partial charge on any atom is -0.269 e. The molecule has 2 saturated carbocycles. The van der Waals surface area contributed by atoms with Gasteiger partial charge in [-0.15, -0.1) is 0 Å². The molecule has 2 bridgehead atoms. The molecule has 5 heteroatoms. The van der Waals surface area contributed by atoms with Gasteiger partial charge in [0.25, 0.3) is 5.91 Å². The standard InChI is InChI=1S/C14H21NO3S/c1-4-5-12(16)15-11-8-10-6-7-14(11,13(10,2)3)9-19(15,17)18/h4-5,10-11H,6-9H2,1-3H3/b5-4+/t10-,11-,14-/m0/s1. The average molecular weight is 283 g/mol. The van der Waals surface area contributed by atoms with Gasteiger partial charge in [0, 0.05) is 5.41 Å². The Morgan fingerprint density at radius 2 is 2.05 bits per heavy atom. The van der Waals surface area contributed by atoms with E-state index in [0.29, 0.717) is 5.92 Å². The fraction of sp³-hybridized carbons (Fsp3) is 0.786. The Morgan fingerprint density at radius 3 is 2.63 bits per heavy atom. The molecule has 0 unspecified atom stereocenters. The van der Waals surface area contributed by atoms with Gasteiger partial charge >= 0.3 is 0 Å². The molecule has 19 heavy (non-hydrogen) atoms. The summed E-state index contributed by atoms with van der Waals surface area (Å²) in [5.74, 6) is 0.332. The molecule has 0 aromatic heterocycles. The maximum Gasteiger partial charge on any atom is 0.259 e. The first-order valence-corrected chi connectivity index (χ1v) is 8.56. The number of carbonyl (C=O) groups excluding carboxylic acids is 1. The predicted octanol–water partition coefficient (Wildman–Crippen LogP) is 1.93. The van der Waals surface area contributed by atoms with Crippen LogP contribution in [0.4, 0.5) is 0 Å². The van der Waals surface area contributed by atoms with Gasteiger partial charge in [0.15, 0.2) is 0 Å². The van der Waals surface area contributed by atoms with E-state index in [4.69, 9.17) is 0 Å². The second kappa shape index (κ2) is 3.62. The number of nitrogens with zero attached hydrogens (tertiary/aromatic N) is 1. The molecule has 0 aromatic carbocycles. The molecule has 3 atom stereocenters. The van der Waals surface area contributed by atoms with E-state index in [9.17, 15) is 13.2 Å². The van der Waals surface area contributed by atoms with Crippen LogP contribution < -0.4 is 0 Å². The highest BCUT2D eigenvalue weighted by Gasteiger charge is 2.72. The van der Waals surface area contributed by atoms with E-state index in [-0.39, 0.29) is 28.5 Å². The smallest absolute Gasteiger partial charge is 0.259 e. The van der Waals surface area contributed by atoms with Gasteiger partial charge in [0.05, 0.1) is 11.8 Å². The molecule has 3 aliphatic rings. The lowest BCUT2D eigenvalue weighted by Gasteiger charge is -2.36. The summed E-state index contributed by atoms with van der Waals surface area (Å²) in [4.78, 5) is 12.1. The van der Waals surface area contributed by atoms with Crippen LogP contribution in [0.25, 0.3) is 0 Å². The van der Waals surface area contributed by atoms with Crippen molar-refractivity contribution in [3.8, 4) is 0 Å². The molecule has 1 spiro atoms. The maximum atomic E-state index is 12.4. The molecule has 0 radical (unpaired) electrons. The van der Waals surface area contributed by atoms with Gasteiger partial charge in [-0.05, 0) is 43.6 Å². The lowest BCUT2D eigenvalue weighted by molar-refractivity contribution is -0.124. The molecule has 3 fully saturated rings. The molecule has 2 aliphatic carbocycles. The second-order valence-corrected chi connectivity index (χ2v) is 8.60. The molecule has 3 rings (SSSR count). The number of carbonyl (C=O) groups is 1. The lowest BCUT2D eigenvalue weighted by atomic mass is 9.69. The first kappa shape index (κ1) is 13.2. The van der Waals surface area contributed by atoms with Gasteiger partial charge in [0.1, 0.15) is 0 Å². The maximum absolute atomic E-state index is 12.4. The Labute approximate surface area is 114 Å². The zero-order valence-electron chi connectivity index (χ0n) is 11.7. The van der Waals surface area contributed by atoms with Gasteiger partial charge in [0.2, 0.25) is 10.0 Å². The van der Waals surface area contributed by atoms with Crippen molar-refractivity contribution in [2.45, 2.75) is 46.1 Å². The fourth-order valence-electron chi connectivity index (χ4n) is 4.80. The average Bonchev–Trinajstić information content (AvgIpc) is 2.75. The highest BCUT2D eigenvalue weighted by molar-refractivity contribution is 7.90. The predicted molar refractivity (Wildman–Crippen MR) is 72.8 cm³/mol. The van der Waals surface area contributed by atoms with Crippen molar-refractivity contribution in [2.24, 2.45) is 16.7 Å². The van der Waals surface area contributed by atoms with Gasteiger partial charge < -0.3 is 0 Å². The Hall–Kier alpha value is -0.840. The number of amides is 1. The minimum absolute atomic E-state index is 0.0235. The SMILES string of the molecule is C/C=C/C(=O)N1[C@H]2C[C@@H]3CC[C@@]2(CS1(=O)=O)C3(C)C. The van der Waals surface area contributed by atoms with Crippen molar-refractivity contribution in [3.05, 3.63) is 12.2 Å². The minimum atomic E-state index is -3.45. The third-order valence-electron chi connectivity index (χ3n) is 5.94. The molecule has 1 heterocycles. The van der Waals surface area contributed by atoms with Crippen molar-refractivity contribution in [1.82, 2.24) is 4.31 Å². The largest absolute Gasteiger partial charge is 0.269 e. The number of rotatable bonds is 1. The topological polar surface area (TPSA) is 54.5 Å². The van der Waals surface area contributed by atoms with Crippen molar-refractivity contribution in [2.75, 3.05) is 5.75 Å². The van der Waals surface area contributed by atoms with Crippen LogP contribution in [0.2, 0.25) is 0 Å². The summed E-state index contributed by atoms with van der Waals surface area (Å²) in [5, 5.41) is 0. The summed E-state index contributed by atoms with van der Waals surface area (Å²) in [7, 11) is -3.45. The highest BCUT2D eigenvalue weighted by Crippen LogP contribution is 2.69. The molecule has 0 N–H and O–H groups in total. The number of hydrogen-bond acceptors (Lipinski definition) is 3. The molecule has 0 aromatic rings. The van der Waals surface area contributed by atoms with Crippen LogP contribution in [0.3, 0.4) is 0 Å². The third kappa shape index (κ3) is 1.40. The Morgan fingerprint density at radius 1 is 1.37 bits per heavy atom. The number of allylic oxidation sites excluding steroid dienone is 1. The first-order valence-electron chi connectivity index (χ1n) is 6.95. The van der Waals surface area contributed by atoms with Crippen LogP contribution in [0, 0.1) is 16.7 Å². The van der Waals surface area contributed by atoms with Crippen molar-refractivity contribution < 1.29 is 13.2 Å². The van der Waals surface area contributed by atoms with E-state index in [1.165, 1.54) is 10.4 Å². The Kier molecular flexibility index (Phi) is 2.51. The second-order valence-electron chi connectivity index (χ2n) is 6.76. The van der Waals surface area contributed by atoms with E-state index >= 15 is 0 Å². The fourth-order valence-corrected chi connectivity index (χ4v) is 7.30. The Bertz CT molecular complexity index is 563. The van der Waals surface area contributed by atoms with Crippen molar-refractivity contribution >= 4 is 15.9 Å². The molecule has 4 nitrogen and oxygen atoms in total. The van der Waals surface area contributed by atoms with Crippen LogP contribution in [-0.4, -0.2) is 30.4 Å². The molecule has 1 amide bonds. The molecular weight excluding hydrogens is 262 g/mol. The number of hydrogen-bond donors (Lipinski definition) is 0. The van der Waals surface area contributed by atoms with Gasteiger partial charge in [-0.1, -0.05) is 19.9 Å². The summed E-state index contributed by atoms with van der Waals surface area (Å²) in [6.07, 6.45) is 5.87. The summed E-state index contributed by atoms with van der Waals surface area (Å²) in [5.41, 5.74) is -0.191. The molecule has 1 saturated heterocycles. The summed E-state index contributed by atoms with van der Waals surface area (Å²) in [6.45, 7) is 6.11. The van der Waals surface area contributed by atoms with E-state index in [1.54, 1.807) is 13.0 Å². The zero-order valence-corrected chi connectivity index (χ0v) is 12.5. The van der Waals surface area contributed by atoms with Crippen LogP contribution in [0.1, 0.15) is 40.0 Å². The lowest BCUT2D eigenvalue weighted by Crippen LogP contribution is -2.43. The monoisotopic (exact) mass is 283 g/mol. The van der Waals surface area contributed by atoms with E-state index < -0.39 is 10.0 Å². The number of sulfonamides is 1. The molecule has 1 aliphatic heterocycles. The third-order valence-corrected chi connectivity index (χ3v) is 7.85. The molecule has 106 valence electrons. The van der Waals surface area contributed by atoms with Crippen LogP contribution in [0.15, 0.2) is 12.2 Å². The summed E-state index contributed by atoms with van der Waals surface area (Å²) >= 11 is 0. The zero-order chi connectivity index (χ0) is 14.1. The van der Waals surface area contributed by atoms with E-state index in [2.05, 4.69) is 13.8 Å². The highest BCUT2D eigenvalue weighted by atomic mass is 32.2.